The zero-order valence-corrected chi connectivity index (χ0v) is 10.8. The molecule has 0 aromatic heterocycles. The van der Waals surface area contributed by atoms with E-state index in [0.29, 0.717) is 0 Å². The molecule has 0 spiro atoms. The number of rotatable bonds is 5. The van der Waals surface area contributed by atoms with Crippen LogP contribution >= 0.6 is 0 Å². The van der Waals surface area contributed by atoms with Crippen LogP contribution in [0.5, 0.6) is 0 Å². The lowest BCUT2D eigenvalue weighted by atomic mass is 10.1. The van der Waals surface area contributed by atoms with Crippen LogP contribution in [0, 0.1) is 0 Å². The van der Waals surface area contributed by atoms with Crippen LogP contribution in [0.3, 0.4) is 0 Å². The smallest absolute Gasteiger partial charge is 0.0384 e. The van der Waals surface area contributed by atoms with Crippen molar-refractivity contribution in [1.29, 1.82) is 0 Å². The third-order valence-electron chi connectivity index (χ3n) is 2.80. The quantitative estimate of drug-likeness (QED) is 0.731. The number of hydrogen-bond acceptors (Lipinski definition) is 1. The first-order valence-corrected chi connectivity index (χ1v) is 6.21. The Labute approximate surface area is 114 Å². The number of nitrogens with one attached hydrogen (secondary N) is 1. The van der Waals surface area contributed by atoms with E-state index < -0.39 is 0 Å². The van der Waals surface area contributed by atoms with Crippen LogP contribution in [-0.4, -0.2) is 0 Å². The van der Waals surface area contributed by atoms with Gasteiger partial charge in [-0.05, 0) is 35.4 Å². The molecule has 0 atom stereocenters. The summed E-state index contributed by atoms with van der Waals surface area (Å²) in [6.07, 6.45) is 5.40. The average molecular weight is 247 g/mol. The molecule has 0 bridgehead atoms. The second-order valence-corrected chi connectivity index (χ2v) is 4.13. The fourth-order valence-electron chi connectivity index (χ4n) is 1.83. The molecule has 0 amide bonds. The molecule has 0 fully saturated rings. The second-order valence-electron chi connectivity index (χ2n) is 4.13. The van der Waals surface area contributed by atoms with E-state index in [4.69, 9.17) is 0 Å². The topological polar surface area (TPSA) is 12.0 Å². The van der Waals surface area contributed by atoms with Crippen LogP contribution in [0.15, 0.2) is 91.7 Å². The van der Waals surface area contributed by atoms with Gasteiger partial charge >= 0.3 is 0 Å². The Morgan fingerprint density at radius 3 is 2.05 bits per heavy atom. The summed E-state index contributed by atoms with van der Waals surface area (Å²) in [4.78, 5) is 0. The van der Waals surface area contributed by atoms with Gasteiger partial charge in [0.1, 0.15) is 0 Å². The van der Waals surface area contributed by atoms with Gasteiger partial charge in [0.2, 0.25) is 0 Å². The molecule has 0 heterocycles. The Hall–Kier alpha value is -2.54. The van der Waals surface area contributed by atoms with Gasteiger partial charge in [-0.25, -0.2) is 0 Å². The van der Waals surface area contributed by atoms with Crippen LogP contribution < -0.4 is 5.32 Å². The van der Waals surface area contributed by atoms with E-state index in [1.807, 2.05) is 24.3 Å². The van der Waals surface area contributed by atoms with Crippen molar-refractivity contribution < 1.29 is 0 Å². The predicted octanol–water partition coefficient (Wildman–Crippen LogP) is 5.02. The Morgan fingerprint density at radius 2 is 1.47 bits per heavy atom. The number of anilines is 1. The van der Waals surface area contributed by atoms with Crippen LogP contribution in [0.1, 0.15) is 0 Å². The van der Waals surface area contributed by atoms with E-state index in [2.05, 4.69) is 54.9 Å². The zero-order valence-electron chi connectivity index (χ0n) is 10.8. The molecule has 0 aliphatic carbocycles. The highest BCUT2D eigenvalue weighted by Crippen LogP contribution is 2.21. The SMILES string of the molecule is C=C/C=C(\C=C)Nc1ccc(-c2ccccc2)cc1. The maximum Gasteiger partial charge on any atom is 0.0384 e. The molecule has 2 aromatic carbocycles. The molecule has 0 aliphatic rings. The molecule has 0 aliphatic heterocycles. The van der Waals surface area contributed by atoms with E-state index in [0.717, 1.165) is 11.4 Å². The molecule has 0 saturated heterocycles. The van der Waals surface area contributed by atoms with Crippen molar-refractivity contribution in [1.82, 2.24) is 0 Å². The lowest BCUT2D eigenvalue weighted by Crippen LogP contribution is -1.95. The Morgan fingerprint density at radius 1 is 0.842 bits per heavy atom. The van der Waals surface area contributed by atoms with Crippen molar-refractivity contribution in [3.63, 3.8) is 0 Å². The van der Waals surface area contributed by atoms with Gasteiger partial charge in [0.25, 0.3) is 0 Å². The Balaban J connectivity index is 2.17. The minimum absolute atomic E-state index is 0.933. The van der Waals surface area contributed by atoms with Gasteiger partial charge in [-0.3, -0.25) is 0 Å². The second kappa shape index (κ2) is 6.41. The molecule has 2 rings (SSSR count). The normalized spacial score (nSPS) is 10.8. The summed E-state index contributed by atoms with van der Waals surface area (Å²) in [5, 5.41) is 3.28. The van der Waals surface area contributed by atoms with Crippen LogP contribution in [0.25, 0.3) is 11.1 Å². The minimum atomic E-state index is 0.933. The van der Waals surface area contributed by atoms with Gasteiger partial charge in [0, 0.05) is 11.4 Å². The van der Waals surface area contributed by atoms with E-state index in [9.17, 15) is 0 Å². The Bertz CT molecular complexity index is 577. The largest absolute Gasteiger partial charge is 0.356 e. The van der Waals surface area contributed by atoms with Gasteiger partial charge in [0.15, 0.2) is 0 Å². The van der Waals surface area contributed by atoms with Crippen molar-refractivity contribution in [2.75, 3.05) is 5.32 Å². The first-order valence-electron chi connectivity index (χ1n) is 6.21. The standard InChI is InChI=1S/C18H17N/c1-3-8-17(4-2)19-18-13-11-16(12-14-18)15-9-6-5-7-10-15/h3-14,19H,1-2H2/b17-8+. The third-order valence-corrected chi connectivity index (χ3v) is 2.80. The first kappa shape index (κ1) is 12.9. The molecule has 19 heavy (non-hydrogen) atoms. The van der Waals surface area contributed by atoms with Gasteiger partial charge < -0.3 is 5.32 Å². The van der Waals surface area contributed by atoms with E-state index in [-0.39, 0.29) is 0 Å². The Kier molecular flexibility index (Phi) is 4.35. The van der Waals surface area contributed by atoms with Crippen molar-refractivity contribution in [3.05, 3.63) is 91.7 Å². The molecular formula is C18H17N. The van der Waals surface area contributed by atoms with Crippen molar-refractivity contribution in [3.8, 4) is 11.1 Å². The molecule has 1 heteroatoms. The molecular weight excluding hydrogens is 230 g/mol. The molecule has 94 valence electrons. The molecule has 0 unspecified atom stereocenters. The number of benzene rings is 2. The average Bonchev–Trinajstić information content (AvgIpc) is 2.48. The summed E-state index contributed by atoms with van der Waals surface area (Å²) < 4.78 is 0. The maximum atomic E-state index is 3.76. The fourth-order valence-corrected chi connectivity index (χ4v) is 1.83. The number of allylic oxidation sites excluding steroid dienone is 3. The zero-order chi connectivity index (χ0) is 13.5. The van der Waals surface area contributed by atoms with E-state index >= 15 is 0 Å². The highest BCUT2D eigenvalue weighted by Gasteiger charge is 1.97. The van der Waals surface area contributed by atoms with Crippen molar-refractivity contribution in [2.24, 2.45) is 0 Å². The van der Waals surface area contributed by atoms with Crippen LogP contribution in [0.4, 0.5) is 5.69 Å². The summed E-state index contributed by atoms with van der Waals surface area (Å²) in [7, 11) is 0. The highest BCUT2D eigenvalue weighted by atomic mass is 14.9. The van der Waals surface area contributed by atoms with E-state index in [1.165, 1.54) is 11.1 Å². The summed E-state index contributed by atoms with van der Waals surface area (Å²) in [6, 6.07) is 18.7. The van der Waals surface area contributed by atoms with Gasteiger partial charge in [0.05, 0.1) is 0 Å². The van der Waals surface area contributed by atoms with Gasteiger partial charge in [-0.1, -0.05) is 61.7 Å². The van der Waals surface area contributed by atoms with Crippen molar-refractivity contribution in [2.45, 2.75) is 0 Å². The molecule has 0 saturated carbocycles. The summed E-state index contributed by atoms with van der Waals surface area (Å²) in [5.74, 6) is 0. The molecule has 2 aromatic rings. The number of hydrogen-bond donors (Lipinski definition) is 1. The summed E-state index contributed by atoms with van der Waals surface area (Å²) in [6.45, 7) is 7.44. The molecule has 1 N–H and O–H groups in total. The van der Waals surface area contributed by atoms with Gasteiger partial charge in [-0.15, -0.1) is 0 Å². The monoisotopic (exact) mass is 247 g/mol. The van der Waals surface area contributed by atoms with Gasteiger partial charge in [-0.2, -0.15) is 0 Å². The lowest BCUT2D eigenvalue weighted by Gasteiger charge is -2.08. The summed E-state index contributed by atoms with van der Waals surface area (Å²) in [5.41, 5.74) is 4.40. The highest BCUT2D eigenvalue weighted by molar-refractivity contribution is 5.66. The predicted molar refractivity (Wildman–Crippen MR) is 84.0 cm³/mol. The van der Waals surface area contributed by atoms with Crippen LogP contribution in [-0.2, 0) is 0 Å². The minimum Gasteiger partial charge on any atom is -0.356 e. The first-order chi connectivity index (χ1) is 9.33. The maximum absolute atomic E-state index is 3.76. The van der Waals surface area contributed by atoms with Crippen LogP contribution in [0.2, 0.25) is 0 Å². The molecule has 1 nitrogen and oxygen atoms in total. The molecule has 0 radical (unpaired) electrons. The lowest BCUT2D eigenvalue weighted by molar-refractivity contribution is 1.48. The van der Waals surface area contributed by atoms with Crippen molar-refractivity contribution >= 4 is 5.69 Å². The van der Waals surface area contributed by atoms with E-state index in [1.54, 1.807) is 12.2 Å². The fraction of sp³-hybridized carbons (Fsp3) is 0. The third kappa shape index (κ3) is 3.46. The summed E-state index contributed by atoms with van der Waals surface area (Å²) >= 11 is 0.